The summed E-state index contributed by atoms with van der Waals surface area (Å²) in [6.07, 6.45) is 5.17. The molecule has 2 aromatic rings. The second-order valence-electron chi connectivity index (χ2n) is 13.7. The third-order valence-electron chi connectivity index (χ3n) is 8.57. The fraction of sp³-hybridized carbons (Fsp3) is 0.556. The molecule has 0 radical (unpaired) electrons. The zero-order valence-electron chi connectivity index (χ0n) is 28.6. The molecule has 2 atom stereocenters. The van der Waals surface area contributed by atoms with Crippen molar-refractivity contribution < 1.29 is 33.8 Å². The number of rotatable bonds is 12. The van der Waals surface area contributed by atoms with Gasteiger partial charge in [0.2, 0.25) is 11.8 Å². The normalized spacial score (nSPS) is 16.5. The molecule has 4 amide bonds. The number of hydrogen-bond donors (Lipinski definition) is 3. The summed E-state index contributed by atoms with van der Waals surface area (Å²) in [5, 5.41) is 13.1. The molecule has 49 heavy (non-hydrogen) atoms. The molecular formula is C36H49ClN4O7S. The highest BCUT2D eigenvalue weighted by Gasteiger charge is 2.31. The van der Waals surface area contributed by atoms with Crippen molar-refractivity contribution in [1.29, 1.82) is 0 Å². The van der Waals surface area contributed by atoms with Crippen LogP contribution in [0.25, 0.3) is 0 Å². The maximum Gasteiger partial charge on any atom is 0.417 e. The second-order valence-corrected chi connectivity index (χ2v) is 15.1. The summed E-state index contributed by atoms with van der Waals surface area (Å²) in [7, 11) is 0. The lowest BCUT2D eigenvalue weighted by atomic mass is 9.86. The van der Waals surface area contributed by atoms with E-state index in [2.05, 4.69) is 10.0 Å². The number of nitrogens with zero attached hydrogens (tertiary/aromatic N) is 2. The third-order valence-corrected chi connectivity index (χ3v) is 9.78. The standard InChI is InChI=1S/C36H49ClN4O7S/c1-36(2,3)48-35(46)40-18-19-41(30-15-8-7-13-27(30)22-40)32(43)17-16-29(23-42)38-33(44)31(21-25-10-5-4-6-11-25)49-39-34(45)47-24-26-12-9-14-28(37)20-26/h7-9,12-15,20,25,29,31,42H,4-6,10-11,16-19,21-24H2,1-3H3,(H,38,44)(H,39,45)/t29-,31-/m0/s1. The number of hydrogen-bond acceptors (Lipinski definition) is 8. The van der Waals surface area contributed by atoms with Gasteiger partial charge in [0.05, 0.1) is 19.2 Å². The van der Waals surface area contributed by atoms with Crippen LogP contribution in [0.4, 0.5) is 15.3 Å². The van der Waals surface area contributed by atoms with Crippen LogP contribution < -0.4 is 14.9 Å². The fourth-order valence-electron chi connectivity index (χ4n) is 6.07. The first-order valence-electron chi connectivity index (χ1n) is 17.0. The number of fused-ring (bicyclic) bond motifs is 1. The number of amides is 4. The number of para-hydroxylation sites is 1. The second kappa shape index (κ2) is 18.5. The lowest BCUT2D eigenvalue weighted by Crippen LogP contribution is -2.45. The summed E-state index contributed by atoms with van der Waals surface area (Å²) < 4.78 is 13.6. The van der Waals surface area contributed by atoms with E-state index in [0.29, 0.717) is 30.5 Å². The van der Waals surface area contributed by atoms with Gasteiger partial charge in [-0.15, -0.1) is 0 Å². The highest BCUT2D eigenvalue weighted by Crippen LogP contribution is 2.31. The Morgan fingerprint density at radius 1 is 1.04 bits per heavy atom. The molecule has 1 aliphatic heterocycles. The van der Waals surface area contributed by atoms with E-state index < -0.39 is 29.1 Å². The number of carbonyl (C=O) groups excluding carboxylic acids is 4. The highest BCUT2D eigenvalue weighted by atomic mass is 35.5. The predicted octanol–water partition coefficient (Wildman–Crippen LogP) is 6.59. The topological polar surface area (TPSA) is 138 Å². The summed E-state index contributed by atoms with van der Waals surface area (Å²) in [6.45, 7) is 6.02. The Hall–Kier alpha value is -3.48. The van der Waals surface area contributed by atoms with Crippen LogP contribution in [-0.2, 0) is 32.2 Å². The van der Waals surface area contributed by atoms with E-state index in [1.807, 2.05) is 45.0 Å². The number of carbonyl (C=O) groups is 4. The minimum atomic E-state index is -0.668. The molecule has 0 bridgehead atoms. The SMILES string of the molecule is CC(C)(C)OC(=O)N1CCN(C(=O)CC[C@@H](CO)NC(=O)[C@H](CC2CCCCC2)SNC(=O)OCc2cccc(Cl)c2)c2ccccc2C1. The van der Waals surface area contributed by atoms with Crippen LogP contribution in [0, 0.1) is 5.92 Å². The molecule has 0 saturated heterocycles. The Morgan fingerprint density at radius 3 is 2.51 bits per heavy atom. The monoisotopic (exact) mass is 716 g/mol. The van der Waals surface area contributed by atoms with Gasteiger partial charge < -0.3 is 29.7 Å². The summed E-state index contributed by atoms with van der Waals surface area (Å²) >= 11 is 7.03. The molecule has 13 heteroatoms. The van der Waals surface area contributed by atoms with E-state index in [1.54, 1.807) is 34.1 Å². The Labute approximate surface area is 298 Å². The minimum Gasteiger partial charge on any atom is -0.444 e. The molecule has 1 heterocycles. The van der Waals surface area contributed by atoms with Crippen molar-refractivity contribution in [2.75, 3.05) is 24.6 Å². The van der Waals surface area contributed by atoms with Gasteiger partial charge in [0, 0.05) is 30.2 Å². The number of anilines is 1. The molecule has 268 valence electrons. The molecule has 0 spiro atoms. The Bertz CT molecular complexity index is 1430. The van der Waals surface area contributed by atoms with E-state index in [0.717, 1.165) is 54.4 Å². The number of benzene rings is 2. The lowest BCUT2D eigenvalue weighted by Gasteiger charge is -2.27. The van der Waals surface area contributed by atoms with Gasteiger partial charge in [-0.25, -0.2) is 9.59 Å². The first-order valence-corrected chi connectivity index (χ1v) is 18.3. The van der Waals surface area contributed by atoms with E-state index >= 15 is 0 Å². The maximum absolute atomic E-state index is 13.6. The van der Waals surface area contributed by atoms with E-state index in [1.165, 1.54) is 6.42 Å². The maximum atomic E-state index is 13.6. The van der Waals surface area contributed by atoms with Gasteiger partial charge in [0.25, 0.3) is 0 Å². The number of ether oxygens (including phenoxy) is 2. The van der Waals surface area contributed by atoms with Gasteiger partial charge in [0.1, 0.15) is 17.5 Å². The Kier molecular flexibility index (Phi) is 14.5. The van der Waals surface area contributed by atoms with Crippen LogP contribution in [0.5, 0.6) is 0 Å². The molecule has 0 unspecified atom stereocenters. The fourth-order valence-corrected chi connectivity index (χ4v) is 7.12. The molecule has 2 aromatic carbocycles. The average molecular weight is 717 g/mol. The molecular weight excluding hydrogens is 668 g/mol. The molecule has 4 rings (SSSR count). The third kappa shape index (κ3) is 12.4. The van der Waals surface area contributed by atoms with Gasteiger partial charge in [-0.05, 0) is 80.8 Å². The predicted molar refractivity (Wildman–Crippen MR) is 191 cm³/mol. The van der Waals surface area contributed by atoms with Crippen LogP contribution in [0.2, 0.25) is 5.02 Å². The molecule has 1 fully saturated rings. The van der Waals surface area contributed by atoms with Crippen molar-refractivity contribution in [3.63, 3.8) is 0 Å². The van der Waals surface area contributed by atoms with Crippen molar-refractivity contribution >= 4 is 53.2 Å². The number of aliphatic hydroxyl groups is 1. The number of halogens is 1. The first-order chi connectivity index (χ1) is 23.4. The average Bonchev–Trinajstić information content (AvgIpc) is 3.27. The molecule has 11 nitrogen and oxygen atoms in total. The van der Waals surface area contributed by atoms with Crippen LogP contribution >= 0.6 is 23.5 Å². The zero-order chi connectivity index (χ0) is 35.4. The first kappa shape index (κ1) is 38.3. The molecule has 3 N–H and O–H groups in total. The number of nitrogens with one attached hydrogen (secondary N) is 2. The highest BCUT2D eigenvalue weighted by molar-refractivity contribution is 7.99. The van der Waals surface area contributed by atoms with Crippen molar-refractivity contribution in [3.8, 4) is 0 Å². The van der Waals surface area contributed by atoms with Crippen molar-refractivity contribution in [1.82, 2.24) is 14.9 Å². The van der Waals surface area contributed by atoms with Crippen LogP contribution in [0.3, 0.4) is 0 Å². The largest absolute Gasteiger partial charge is 0.444 e. The van der Waals surface area contributed by atoms with E-state index in [4.69, 9.17) is 21.1 Å². The van der Waals surface area contributed by atoms with Crippen molar-refractivity contribution in [2.24, 2.45) is 5.92 Å². The Balaban J connectivity index is 1.34. The Morgan fingerprint density at radius 2 is 1.80 bits per heavy atom. The molecule has 2 aliphatic rings. The van der Waals surface area contributed by atoms with E-state index in [-0.39, 0.29) is 44.4 Å². The minimum absolute atomic E-state index is 0.0353. The molecule has 1 saturated carbocycles. The molecule has 1 aliphatic carbocycles. The van der Waals surface area contributed by atoms with Crippen LogP contribution in [0.15, 0.2) is 48.5 Å². The van der Waals surface area contributed by atoms with Crippen LogP contribution in [-0.4, -0.2) is 70.6 Å². The summed E-state index contributed by atoms with van der Waals surface area (Å²) in [5.41, 5.74) is 1.65. The van der Waals surface area contributed by atoms with Gasteiger partial charge in [-0.3, -0.25) is 14.3 Å². The van der Waals surface area contributed by atoms with Gasteiger partial charge in [0.15, 0.2) is 0 Å². The van der Waals surface area contributed by atoms with E-state index in [9.17, 15) is 24.3 Å². The van der Waals surface area contributed by atoms with Gasteiger partial charge in [-0.2, -0.15) is 0 Å². The lowest BCUT2D eigenvalue weighted by molar-refractivity contribution is -0.123. The van der Waals surface area contributed by atoms with Crippen LogP contribution in [0.1, 0.15) is 83.3 Å². The van der Waals surface area contributed by atoms with Crippen molar-refractivity contribution in [3.05, 3.63) is 64.7 Å². The van der Waals surface area contributed by atoms with Gasteiger partial charge in [-0.1, -0.05) is 74.0 Å². The van der Waals surface area contributed by atoms with Gasteiger partial charge >= 0.3 is 12.2 Å². The summed E-state index contributed by atoms with van der Waals surface area (Å²) in [4.78, 5) is 55.8. The number of aliphatic hydroxyl groups excluding tert-OH is 1. The smallest absolute Gasteiger partial charge is 0.417 e. The van der Waals surface area contributed by atoms with Crippen molar-refractivity contribution in [2.45, 2.75) is 102 Å². The zero-order valence-corrected chi connectivity index (χ0v) is 30.2. The summed E-state index contributed by atoms with van der Waals surface area (Å²) in [5.74, 6) is -0.146. The molecule has 0 aromatic heterocycles. The quantitative estimate of drug-likeness (QED) is 0.209. The summed E-state index contributed by atoms with van der Waals surface area (Å²) in [6, 6.07) is 13.8.